The van der Waals surface area contributed by atoms with E-state index < -0.39 is 5.97 Å². The molecule has 0 atom stereocenters. The van der Waals surface area contributed by atoms with Crippen molar-refractivity contribution in [3.8, 4) is 0 Å². The molecule has 0 saturated carbocycles. The second-order valence-electron chi connectivity index (χ2n) is 1.63. The van der Waals surface area contributed by atoms with E-state index in [4.69, 9.17) is 5.11 Å². The van der Waals surface area contributed by atoms with Gasteiger partial charge in [0.05, 0.1) is 0 Å². The summed E-state index contributed by atoms with van der Waals surface area (Å²) in [5.74, 6) is 1.01. The Balaban J connectivity index is 2.64. The molecular weight excluding hydrogens is 103 g/mol. The zero-order chi connectivity index (χ0) is 5.98. The average molecular weight is 108 g/mol. The van der Waals surface area contributed by atoms with Crippen molar-refractivity contribution in [3.05, 3.63) is 23.6 Å². The van der Waals surface area contributed by atoms with Gasteiger partial charge in [0.25, 0.3) is 0 Å². The Morgan fingerprint density at radius 1 is 1.75 bits per heavy atom. The maximum Gasteiger partial charge on any atom is 0.322 e. The van der Waals surface area contributed by atoms with Crippen LogP contribution >= 0.6 is 0 Å². The lowest BCUT2D eigenvalue weighted by atomic mass is 9.73. The summed E-state index contributed by atoms with van der Waals surface area (Å²) >= 11 is 0. The normalized spacial score (nSPS) is 15.2. The van der Waals surface area contributed by atoms with Gasteiger partial charge in [-0.3, -0.25) is 0 Å². The number of aliphatic carboxylic acids is 1. The summed E-state index contributed by atoms with van der Waals surface area (Å²) in [5.41, 5.74) is 0.477. The molecule has 1 aliphatic rings. The van der Waals surface area contributed by atoms with Crippen LogP contribution < -0.4 is 0 Å². The van der Waals surface area contributed by atoms with Crippen molar-refractivity contribution in [3.63, 3.8) is 0 Å². The molecule has 0 aromatic carbocycles. The molecule has 0 radical (unpaired) electrons. The van der Waals surface area contributed by atoms with Crippen LogP contribution in [0.5, 0.6) is 0 Å². The van der Waals surface area contributed by atoms with Crippen LogP contribution in [0.2, 0.25) is 0 Å². The minimum absolute atomic E-state index is 0.477. The first-order valence-electron chi connectivity index (χ1n) is 2.39. The standard InChI is InChI=1S/C5H5BO2/c7-5(8)4-2-1-3-6-4/h1-3,6H,(H,7,8). The lowest BCUT2D eigenvalue weighted by Crippen LogP contribution is -2.02. The van der Waals surface area contributed by atoms with E-state index >= 15 is 0 Å². The topological polar surface area (TPSA) is 37.3 Å². The summed E-state index contributed by atoms with van der Waals surface area (Å²) in [6.45, 7) is 0. The monoisotopic (exact) mass is 108 g/mol. The molecule has 0 unspecified atom stereocenters. The van der Waals surface area contributed by atoms with Crippen LogP contribution in [0, 0.1) is 0 Å². The summed E-state index contributed by atoms with van der Waals surface area (Å²) in [5, 5.41) is 8.30. The van der Waals surface area contributed by atoms with Crippen LogP contribution in [0.1, 0.15) is 0 Å². The second kappa shape index (κ2) is 1.86. The van der Waals surface area contributed by atoms with Gasteiger partial charge < -0.3 is 5.11 Å². The van der Waals surface area contributed by atoms with Gasteiger partial charge >= 0.3 is 5.97 Å². The molecule has 1 rings (SSSR count). The molecule has 1 N–H and O–H groups in total. The number of carboxylic acids is 1. The van der Waals surface area contributed by atoms with Gasteiger partial charge in [-0.05, 0) is 0 Å². The molecule has 0 aromatic heterocycles. The van der Waals surface area contributed by atoms with E-state index in [2.05, 4.69) is 0 Å². The van der Waals surface area contributed by atoms with Gasteiger partial charge in [-0.1, -0.05) is 12.2 Å². The van der Waals surface area contributed by atoms with Gasteiger partial charge in [-0.25, -0.2) is 4.79 Å². The number of hydrogen-bond donors (Lipinski definition) is 1. The van der Waals surface area contributed by atoms with Crippen LogP contribution in [-0.2, 0) is 4.79 Å². The van der Waals surface area contributed by atoms with Crippen LogP contribution in [0.4, 0.5) is 0 Å². The molecule has 8 heavy (non-hydrogen) atoms. The van der Waals surface area contributed by atoms with E-state index in [9.17, 15) is 4.79 Å². The minimum Gasteiger partial charge on any atom is -0.478 e. The van der Waals surface area contributed by atoms with Gasteiger partial charge in [0.1, 0.15) is 0 Å². The third-order valence-electron chi connectivity index (χ3n) is 1.05. The van der Waals surface area contributed by atoms with Crippen molar-refractivity contribution < 1.29 is 9.90 Å². The third kappa shape index (κ3) is 0.806. The molecule has 0 fully saturated rings. The van der Waals surface area contributed by atoms with Crippen molar-refractivity contribution in [2.45, 2.75) is 0 Å². The lowest BCUT2D eigenvalue weighted by molar-refractivity contribution is -0.131. The molecule has 1 aliphatic heterocycles. The van der Waals surface area contributed by atoms with Crippen LogP contribution in [0.3, 0.4) is 0 Å². The minimum atomic E-state index is -0.810. The van der Waals surface area contributed by atoms with E-state index in [1.807, 2.05) is 5.98 Å². The smallest absolute Gasteiger partial charge is 0.322 e. The van der Waals surface area contributed by atoms with Gasteiger partial charge in [0, 0.05) is 5.47 Å². The van der Waals surface area contributed by atoms with Crippen molar-refractivity contribution >= 4 is 13.2 Å². The maximum atomic E-state index is 10.1. The number of hydrogen-bond acceptors (Lipinski definition) is 1. The van der Waals surface area contributed by atoms with Crippen LogP contribution in [0.25, 0.3) is 0 Å². The zero-order valence-electron chi connectivity index (χ0n) is 4.29. The molecule has 0 spiro atoms. The highest BCUT2D eigenvalue weighted by atomic mass is 16.4. The Kier molecular flexibility index (Phi) is 1.20. The fraction of sp³-hybridized carbons (Fsp3) is 0. The van der Waals surface area contributed by atoms with Crippen molar-refractivity contribution in [1.82, 2.24) is 0 Å². The summed E-state index contributed by atoms with van der Waals surface area (Å²) in [7, 11) is 0.579. The van der Waals surface area contributed by atoms with E-state index in [0.29, 0.717) is 12.8 Å². The summed E-state index contributed by atoms with van der Waals surface area (Å²) < 4.78 is 0. The Morgan fingerprint density at radius 2 is 2.50 bits per heavy atom. The predicted octanol–water partition coefficient (Wildman–Crippen LogP) is -0.0813. The van der Waals surface area contributed by atoms with E-state index in [0.717, 1.165) is 0 Å². The second-order valence-corrected chi connectivity index (χ2v) is 1.63. The zero-order valence-corrected chi connectivity index (χ0v) is 4.29. The Bertz CT molecular complexity index is 169. The van der Waals surface area contributed by atoms with Gasteiger partial charge in [0.15, 0.2) is 7.28 Å². The fourth-order valence-electron chi connectivity index (χ4n) is 0.606. The summed E-state index contributed by atoms with van der Waals surface area (Å²) in [6.07, 6.45) is 3.37. The first-order chi connectivity index (χ1) is 3.80. The van der Waals surface area contributed by atoms with Crippen molar-refractivity contribution in [2.75, 3.05) is 0 Å². The molecule has 0 saturated heterocycles. The van der Waals surface area contributed by atoms with Gasteiger partial charge in [0.2, 0.25) is 0 Å². The Hall–Kier alpha value is -0.985. The average Bonchev–Trinajstić information content (AvgIpc) is 2.12. The third-order valence-corrected chi connectivity index (χ3v) is 1.05. The van der Waals surface area contributed by atoms with Crippen molar-refractivity contribution in [2.24, 2.45) is 0 Å². The first-order valence-corrected chi connectivity index (χ1v) is 2.39. The maximum absolute atomic E-state index is 10.1. The van der Waals surface area contributed by atoms with Crippen LogP contribution in [-0.4, -0.2) is 18.4 Å². The molecule has 0 aliphatic carbocycles. The highest BCUT2D eigenvalue weighted by Gasteiger charge is 2.07. The van der Waals surface area contributed by atoms with Crippen LogP contribution in [0.15, 0.2) is 23.6 Å². The molecule has 40 valence electrons. The molecule has 2 nitrogen and oxygen atoms in total. The molecule has 0 amide bonds. The van der Waals surface area contributed by atoms with E-state index in [1.54, 1.807) is 12.2 Å². The number of allylic oxidation sites excluding steroid dienone is 2. The molecular formula is C5H5BO2. The largest absolute Gasteiger partial charge is 0.478 e. The van der Waals surface area contributed by atoms with Gasteiger partial charge in [-0.2, -0.15) is 0 Å². The van der Waals surface area contributed by atoms with Gasteiger partial charge in [-0.15, -0.1) is 5.98 Å². The quantitative estimate of drug-likeness (QED) is 0.477. The molecule has 1 heterocycles. The number of carboxylic acid groups (broad SMARTS) is 1. The SMILES string of the molecule is O=C(O)C1=CC=CB1. The first kappa shape index (κ1) is 5.16. The fourth-order valence-corrected chi connectivity index (χ4v) is 0.606. The predicted molar refractivity (Wildman–Crippen MR) is 32.0 cm³/mol. The molecule has 0 aromatic rings. The number of carbonyl (C=O) groups is 1. The summed E-state index contributed by atoms with van der Waals surface area (Å²) in [6, 6.07) is 0. The highest BCUT2D eigenvalue weighted by Crippen LogP contribution is 1.99. The Morgan fingerprint density at radius 3 is 2.75 bits per heavy atom. The molecule has 0 bridgehead atoms. The summed E-state index contributed by atoms with van der Waals surface area (Å²) in [4.78, 5) is 10.1. The Labute approximate surface area is 47.8 Å². The van der Waals surface area contributed by atoms with E-state index in [1.165, 1.54) is 0 Å². The van der Waals surface area contributed by atoms with Crippen molar-refractivity contribution in [1.29, 1.82) is 0 Å². The van der Waals surface area contributed by atoms with E-state index in [-0.39, 0.29) is 0 Å². The lowest BCUT2D eigenvalue weighted by Gasteiger charge is -1.85. The highest BCUT2D eigenvalue weighted by molar-refractivity contribution is 6.59. The number of rotatable bonds is 1. The molecule has 3 heteroatoms.